The van der Waals surface area contributed by atoms with E-state index in [1.807, 2.05) is 0 Å². The van der Waals surface area contributed by atoms with Gasteiger partial charge in [0.15, 0.2) is 0 Å². The second-order valence-corrected chi connectivity index (χ2v) is 4.62. The maximum absolute atomic E-state index is 5.61. The van der Waals surface area contributed by atoms with Crippen LogP contribution in [0.1, 0.15) is 32.6 Å². The molecule has 1 aliphatic heterocycles. The van der Waals surface area contributed by atoms with Gasteiger partial charge in [0.25, 0.3) is 0 Å². The van der Waals surface area contributed by atoms with Gasteiger partial charge >= 0.3 is 0 Å². The van der Waals surface area contributed by atoms with E-state index in [4.69, 9.17) is 9.47 Å². The van der Waals surface area contributed by atoms with Gasteiger partial charge in [-0.15, -0.1) is 0 Å². The van der Waals surface area contributed by atoms with E-state index in [1.165, 1.54) is 25.7 Å². The number of ether oxygens (including phenoxy) is 2. The Bertz CT molecular complexity index is 146. The molecule has 76 valence electrons. The summed E-state index contributed by atoms with van der Waals surface area (Å²) in [5.41, 5.74) is 0. The second-order valence-electron chi connectivity index (χ2n) is 4.62. The molecule has 1 unspecified atom stereocenters. The lowest BCUT2D eigenvalue weighted by atomic mass is 9.83. The highest BCUT2D eigenvalue weighted by atomic mass is 16.6. The highest BCUT2D eigenvalue weighted by Gasteiger charge is 2.23. The number of hydrogen-bond donors (Lipinski definition) is 0. The summed E-state index contributed by atoms with van der Waals surface area (Å²) < 4.78 is 10.7. The van der Waals surface area contributed by atoms with Crippen LogP contribution in [0.3, 0.4) is 0 Å². The van der Waals surface area contributed by atoms with Crippen LogP contribution in [0.4, 0.5) is 0 Å². The van der Waals surface area contributed by atoms with Crippen molar-refractivity contribution in [3.63, 3.8) is 0 Å². The first-order chi connectivity index (χ1) is 6.34. The van der Waals surface area contributed by atoms with Crippen LogP contribution in [0.2, 0.25) is 0 Å². The predicted octanol–water partition coefficient (Wildman–Crippen LogP) is 2.23. The summed E-state index contributed by atoms with van der Waals surface area (Å²) in [5, 5.41) is 0. The maximum atomic E-state index is 5.61. The molecular formula is C11H20O2. The Kier molecular flexibility index (Phi) is 3.23. The van der Waals surface area contributed by atoms with Crippen molar-refractivity contribution in [1.82, 2.24) is 0 Å². The van der Waals surface area contributed by atoms with E-state index in [2.05, 4.69) is 6.92 Å². The van der Waals surface area contributed by atoms with Gasteiger partial charge in [-0.3, -0.25) is 0 Å². The lowest BCUT2D eigenvalue weighted by Gasteiger charge is -2.25. The molecule has 1 aliphatic carbocycles. The van der Waals surface area contributed by atoms with Crippen LogP contribution >= 0.6 is 0 Å². The fourth-order valence-electron chi connectivity index (χ4n) is 2.03. The van der Waals surface area contributed by atoms with Crippen molar-refractivity contribution in [2.45, 2.75) is 38.7 Å². The Morgan fingerprint density at radius 1 is 1.15 bits per heavy atom. The predicted molar refractivity (Wildman–Crippen MR) is 51.7 cm³/mol. The minimum atomic E-state index is 0.433. The van der Waals surface area contributed by atoms with Crippen LogP contribution in [0.15, 0.2) is 0 Å². The number of rotatable bonds is 4. The zero-order valence-electron chi connectivity index (χ0n) is 8.50. The first-order valence-corrected chi connectivity index (χ1v) is 5.54. The van der Waals surface area contributed by atoms with Gasteiger partial charge in [0.05, 0.1) is 13.2 Å². The third-order valence-corrected chi connectivity index (χ3v) is 3.20. The average molecular weight is 184 g/mol. The molecule has 0 radical (unpaired) electrons. The topological polar surface area (TPSA) is 21.8 Å². The van der Waals surface area contributed by atoms with E-state index >= 15 is 0 Å². The van der Waals surface area contributed by atoms with Crippen molar-refractivity contribution in [3.8, 4) is 0 Å². The molecule has 2 aliphatic rings. The summed E-state index contributed by atoms with van der Waals surface area (Å²) in [6, 6.07) is 0. The molecule has 13 heavy (non-hydrogen) atoms. The van der Waals surface area contributed by atoms with Crippen molar-refractivity contribution >= 4 is 0 Å². The molecule has 0 spiro atoms. The van der Waals surface area contributed by atoms with Gasteiger partial charge in [-0.25, -0.2) is 0 Å². The lowest BCUT2D eigenvalue weighted by Crippen LogP contribution is -2.18. The normalized spacial score (nSPS) is 39.0. The van der Waals surface area contributed by atoms with Crippen molar-refractivity contribution in [1.29, 1.82) is 0 Å². The fourth-order valence-corrected chi connectivity index (χ4v) is 2.03. The minimum absolute atomic E-state index is 0.433. The van der Waals surface area contributed by atoms with E-state index < -0.39 is 0 Å². The van der Waals surface area contributed by atoms with Crippen LogP contribution in [-0.2, 0) is 9.47 Å². The molecule has 1 saturated heterocycles. The molecule has 2 heteroatoms. The molecule has 1 heterocycles. The molecule has 2 nitrogen and oxygen atoms in total. The number of hydrogen-bond acceptors (Lipinski definition) is 2. The summed E-state index contributed by atoms with van der Waals surface area (Å²) in [6.07, 6.45) is 5.96. The summed E-state index contributed by atoms with van der Waals surface area (Å²) in [7, 11) is 0. The smallest absolute Gasteiger partial charge is 0.104 e. The van der Waals surface area contributed by atoms with E-state index in [-0.39, 0.29) is 0 Å². The fraction of sp³-hybridized carbons (Fsp3) is 1.00. The third kappa shape index (κ3) is 3.28. The van der Waals surface area contributed by atoms with Crippen molar-refractivity contribution < 1.29 is 9.47 Å². The van der Waals surface area contributed by atoms with Crippen LogP contribution < -0.4 is 0 Å². The monoisotopic (exact) mass is 184 g/mol. The van der Waals surface area contributed by atoms with Crippen LogP contribution in [0, 0.1) is 11.8 Å². The van der Waals surface area contributed by atoms with E-state index in [1.54, 1.807) is 0 Å². The number of epoxide rings is 1. The Hall–Kier alpha value is -0.0800. The largest absolute Gasteiger partial charge is 0.378 e. The van der Waals surface area contributed by atoms with Gasteiger partial charge in [-0.2, -0.15) is 0 Å². The summed E-state index contributed by atoms with van der Waals surface area (Å²) in [4.78, 5) is 0. The minimum Gasteiger partial charge on any atom is -0.378 e. The summed E-state index contributed by atoms with van der Waals surface area (Å²) in [5.74, 6) is 1.78. The van der Waals surface area contributed by atoms with Crippen LogP contribution in [-0.4, -0.2) is 25.9 Å². The molecule has 0 aromatic carbocycles. The standard InChI is InChI=1S/C11H20O2/c1-9-2-4-10(5-3-9)6-12-7-11-8-13-11/h9-11H,2-8H2,1H3. The zero-order valence-corrected chi connectivity index (χ0v) is 8.50. The van der Waals surface area contributed by atoms with Gasteiger partial charge < -0.3 is 9.47 Å². The van der Waals surface area contributed by atoms with Crippen LogP contribution in [0.25, 0.3) is 0 Å². The first kappa shape index (κ1) is 9.47. The Balaban J connectivity index is 1.53. The molecule has 1 saturated carbocycles. The lowest BCUT2D eigenvalue weighted by molar-refractivity contribution is 0.0687. The van der Waals surface area contributed by atoms with Gasteiger partial charge in [0.2, 0.25) is 0 Å². The van der Waals surface area contributed by atoms with E-state index in [0.29, 0.717) is 6.10 Å². The molecule has 0 aromatic heterocycles. The van der Waals surface area contributed by atoms with Gasteiger partial charge in [0.1, 0.15) is 6.10 Å². The molecule has 0 amide bonds. The molecule has 0 N–H and O–H groups in total. The molecule has 1 atom stereocenters. The second kappa shape index (κ2) is 4.43. The van der Waals surface area contributed by atoms with E-state index in [0.717, 1.165) is 31.7 Å². The molecular weight excluding hydrogens is 164 g/mol. The Morgan fingerprint density at radius 3 is 2.46 bits per heavy atom. The SMILES string of the molecule is CC1CCC(COCC2CO2)CC1. The highest BCUT2D eigenvalue weighted by molar-refractivity contribution is 4.71. The summed E-state index contributed by atoms with van der Waals surface area (Å²) >= 11 is 0. The molecule has 2 rings (SSSR count). The zero-order chi connectivity index (χ0) is 9.10. The quantitative estimate of drug-likeness (QED) is 0.625. The van der Waals surface area contributed by atoms with E-state index in [9.17, 15) is 0 Å². The Morgan fingerprint density at radius 2 is 1.85 bits per heavy atom. The molecule has 0 aromatic rings. The third-order valence-electron chi connectivity index (χ3n) is 3.20. The maximum Gasteiger partial charge on any atom is 0.104 e. The van der Waals surface area contributed by atoms with Gasteiger partial charge in [0, 0.05) is 6.61 Å². The van der Waals surface area contributed by atoms with Gasteiger partial charge in [-0.05, 0) is 24.7 Å². The van der Waals surface area contributed by atoms with Crippen LogP contribution in [0.5, 0.6) is 0 Å². The molecule has 0 bridgehead atoms. The van der Waals surface area contributed by atoms with Crippen molar-refractivity contribution in [2.75, 3.05) is 19.8 Å². The average Bonchev–Trinajstić information content (AvgIpc) is 2.92. The highest BCUT2D eigenvalue weighted by Crippen LogP contribution is 2.28. The Labute approximate surface area is 80.6 Å². The van der Waals surface area contributed by atoms with Crippen molar-refractivity contribution in [3.05, 3.63) is 0 Å². The van der Waals surface area contributed by atoms with Gasteiger partial charge in [-0.1, -0.05) is 19.8 Å². The van der Waals surface area contributed by atoms with Crippen molar-refractivity contribution in [2.24, 2.45) is 11.8 Å². The molecule has 2 fully saturated rings. The first-order valence-electron chi connectivity index (χ1n) is 5.54. The summed E-state index contributed by atoms with van der Waals surface area (Å²) in [6.45, 7) is 5.06.